The molecule has 1 aromatic heterocycles. The van der Waals surface area contributed by atoms with Gasteiger partial charge in [-0.25, -0.2) is 0 Å². The van der Waals surface area contributed by atoms with Crippen molar-refractivity contribution >= 4 is 39.7 Å². The van der Waals surface area contributed by atoms with Gasteiger partial charge in [-0.1, -0.05) is 41.4 Å². The van der Waals surface area contributed by atoms with Gasteiger partial charge in [0.15, 0.2) is 0 Å². The Bertz CT molecular complexity index is 892. The number of nitrogens with zero attached hydrogens (tertiary/aromatic N) is 2. The zero-order valence-corrected chi connectivity index (χ0v) is 15.3. The maximum absolute atomic E-state index is 6.12. The molecular weight excluding hydrogens is 353 g/mol. The smallest absolute Gasteiger partial charge is 0.0595 e. The summed E-state index contributed by atoms with van der Waals surface area (Å²) in [5, 5.41) is 7.32. The fourth-order valence-electron chi connectivity index (χ4n) is 3.46. The van der Waals surface area contributed by atoms with Crippen LogP contribution in [0.25, 0.3) is 10.8 Å². The maximum Gasteiger partial charge on any atom is 0.0595 e. The van der Waals surface area contributed by atoms with Gasteiger partial charge < -0.3 is 5.32 Å². The standard InChI is InChI=1S/C20H19Cl2N3/c21-18-5-4-14(10-19(18)22)12-25-9-7-16(13-25)24-20-3-1-2-15-11-23-8-6-17(15)20/h1-6,8,10-11,16,24H,7,9,12-13H2/t16-/m1/s1. The number of rotatable bonds is 4. The maximum atomic E-state index is 6.12. The molecule has 0 aliphatic carbocycles. The van der Waals surface area contributed by atoms with Gasteiger partial charge in [-0.3, -0.25) is 9.88 Å². The first-order valence-corrected chi connectivity index (χ1v) is 9.20. The van der Waals surface area contributed by atoms with Gasteiger partial charge in [0, 0.05) is 54.5 Å². The van der Waals surface area contributed by atoms with Gasteiger partial charge in [0.2, 0.25) is 0 Å². The second-order valence-corrected chi connectivity index (χ2v) is 7.33. The Kier molecular flexibility index (Phi) is 4.80. The fourth-order valence-corrected chi connectivity index (χ4v) is 3.78. The van der Waals surface area contributed by atoms with Crippen molar-refractivity contribution in [2.75, 3.05) is 18.4 Å². The lowest BCUT2D eigenvalue weighted by molar-refractivity contribution is 0.328. The number of anilines is 1. The largest absolute Gasteiger partial charge is 0.380 e. The summed E-state index contributed by atoms with van der Waals surface area (Å²) < 4.78 is 0. The molecule has 4 rings (SSSR count). The summed E-state index contributed by atoms with van der Waals surface area (Å²) in [6.07, 6.45) is 4.88. The molecule has 1 aliphatic rings. The van der Waals surface area contributed by atoms with E-state index in [0.717, 1.165) is 31.4 Å². The van der Waals surface area contributed by atoms with E-state index >= 15 is 0 Å². The third-order valence-corrected chi connectivity index (χ3v) is 5.44. The SMILES string of the molecule is Clc1ccc(CN2CC[C@@H](Nc3cccc4cnccc34)C2)cc1Cl. The highest BCUT2D eigenvalue weighted by molar-refractivity contribution is 6.42. The zero-order valence-electron chi connectivity index (χ0n) is 13.8. The predicted octanol–water partition coefficient (Wildman–Crippen LogP) is 5.23. The monoisotopic (exact) mass is 371 g/mol. The molecule has 1 saturated heterocycles. The topological polar surface area (TPSA) is 28.2 Å². The van der Waals surface area contributed by atoms with Crippen molar-refractivity contribution in [1.29, 1.82) is 0 Å². The van der Waals surface area contributed by atoms with E-state index < -0.39 is 0 Å². The third-order valence-electron chi connectivity index (χ3n) is 4.70. The molecule has 5 heteroatoms. The van der Waals surface area contributed by atoms with E-state index in [1.54, 1.807) is 0 Å². The number of likely N-dealkylation sites (tertiary alicyclic amines) is 1. The molecular formula is C20H19Cl2N3. The lowest BCUT2D eigenvalue weighted by Gasteiger charge is -2.18. The minimum atomic E-state index is 0.446. The Labute approximate surface area is 157 Å². The summed E-state index contributed by atoms with van der Waals surface area (Å²) >= 11 is 12.1. The minimum absolute atomic E-state index is 0.446. The number of hydrogen-bond acceptors (Lipinski definition) is 3. The van der Waals surface area contributed by atoms with Gasteiger partial charge in [-0.05, 0) is 36.2 Å². The molecule has 1 fully saturated rings. The van der Waals surface area contributed by atoms with Crippen molar-refractivity contribution in [3.8, 4) is 0 Å². The number of hydrogen-bond donors (Lipinski definition) is 1. The quantitative estimate of drug-likeness (QED) is 0.680. The highest BCUT2D eigenvalue weighted by atomic mass is 35.5. The molecule has 25 heavy (non-hydrogen) atoms. The minimum Gasteiger partial charge on any atom is -0.380 e. The average molecular weight is 372 g/mol. The number of nitrogens with one attached hydrogen (secondary N) is 1. The first-order valence-electron chi connectivity index (χ1n) is 8.44. The number of pyridine rings is 1. The molecule has 0 saturated carbocycles. The van der Waals surface area contributed by atoms with Crippen molar-refractivity contribution in [2.24, 2.45) is 0 Å². The van der Waals surface area contributed by atoms with Crippen LogP contribution in [-0.2, 0) is 6.54 Å². The van der Waals surface area contributed by atoms with E-state index in [1.807, 2.05) is 30.6 Å². The molecule has 1 N–H and O–H groups in total. The van der Waals surface area contributed by atoms with Crippen LogP contribution in [0.3, 0.4) is 0 Å². The summed E-state index contributed by atoms with van der Waals surface area (Å²) in [7, 11) is 0. The normalized spacial score (nSPS) is 17.9. The van der Waals surface area contributed by atoms with Crippen molar-refractivity contribution < 1.29 is 0 Å². The second-order valence-electron chi connectivity index (χ2n) is 6.52. The van der Waals surface area contributed by atoms with Gasteiger partial charge in [0.1, 0.15) is 0 Å². The van der Waals surface area contributed by atoms with Gasteiger partial charge in [0.05, 0.1) is 10.0 Å². The van der Waals surface area contributed by atoms with Gasteiger partial charge in [-0.15, -0.1) is 0 Å². The highest BCUT2D eigenvalue weighted by Gasteiger charge is 2.22. The Hall–Kier alpha value is -1.81. The molecule has 128 valence electrons. The first-order chi connectivity index (χ1) is 12.2. The van der Waals surface area contributed by atoms with Crippen molar-refractivity contribution in [3.63, 3.8) is 0 Å². The third kappa shape index (κ3) is 3.74. The summed E-state index contributed by atoms with van der Waals surface area (Å²) in [5.41, 5.74) is 2.38. The summed E-state index contributed by atoms with van der Waals surface area (Å²) in [5.74, 6) is 0. The Morgan fingerprint density at radius 2 is 2.04 bits per heavy atom. The average Bonchev–Trinajstić information content (AvgIpc) is 3.05. The number of benzene rings is 2. The van der Waals surface area contributed by atoms with Crippen LogP contribution in [0.2, 0.25) is 10.0 Å². The number of fused-ring (bicyclic) bond motifs is 1. The molecule has 2 heterocycles. The van der Waals surface area contributed by atoms with Gasteiger partial charge >= 0.3 is 0 Å². The molecule has 3 aromatic rings. The number of aromatic nitrogens is 1. The molecule has 2 aromatic carbocycles. The van der Waals surface area contributed by atoms with E-state index in [0.29, 0.717) is 16.1 Å². The predicted molar refractivity (Wildman–Crippen MR) is 106 cm³/mol. The van der Waals surface area contributed by atoms with Crippen LogP contribution in [-0.4, -0.2) is 29.0 Å². The number of halogens is 2. The molecule has 1 atom stereocenters. The van der Waals surface area contributed by atoms with E-state index in [1.165, 1.54) is 16.6 Å². The Morgan fingerprint density at radius 1 is 1.12 bits per heavy atom. The summed E-state index contributed by atoms with van der Waals surface area (Å²) in [4.78, 5) is 6.65. The van der Waals surface area contributed by atoms with E-state index in [9.17, 15) is 0 Å². The van der Waals surface area contributed by atoms with Crippen LogP contribution in [0.4, 0.5) is 5.69 Å². The molecule has 0 amide bonds. The van der Waals surface area contributed by atoms with Crippen LogP contribution in [0, 0.1) is 0 Å². The summed E-state index contributed by atoms with van der Waals surface area (Å²) in [6.45, 7) is 2.99. The Morgan fingerprint density at radius 3 is 2.92 bits per heavy atom. The van der Waals surface area contributed by atoms with Gasteiger partial charge in [0.25, 0.3) is 0 Å². The summed E-state index contributed by atoms with van der Waals surface area (Å²) in [6, 6.07) is 14.7. The van der Waals surface area contributed by atoms with Crippen LogP contribution in [0.5, 0.6) is 0 Å². The molecule has 0 spiro atoms. The fraction of sp³-hybridized carbons (Fsp3) is 0.250. The van der Waals surface area contributed by atoms with Crippen LogP contribution >= 0.6 is 23.2 Å². The first kappa shape index (κ1) is 16.6. The molecule has 0 bridgehead atoms. The molecule has 0 radical (unpaired) electrons. The zero-order chi connectivity index (χ0) is 17.2. The Balaban J connectivity index is 1.43. The molecule has 1 aliphatic heterocycles. The van der Waals surface area contributed by atoms with Crippen LogP contribution < -0.4 is 5.32 Å². The van der Waals surface area contributed by atoms with Gasteiger partial charge in [-0.2, -0.15) is 0 Å². The van der Waals surface area contributed by atoms with Crippen LogP contribution in [0.15, 0.2) is 54.9 Å². The van der Waals surface area contributed by atoms with Crippen molar-refractivity contribution in [2.45, 2.75) is 19.0 Å². The van der Waals surface area contributed by atoms with E-state index in [2.05, 4.69) is 39.5 Å². The van der Waals surface area contributed by atoms with Crippen LogP contribution in [0.1, 0.15) is 12.0 Å². The van der Waals surface area contributed by atoms with E-state index in [-0.39, 0.29) is 0 Å². The lowest BCUT2D eigenvalue weighted by atomic mass is 10.1. The van der Waals surface area contributed by atoms with E-state index in [4.69, 9.17) is 23.2 Å². The molecule has 3 nitrogen and oxygen atoms in total. The van der Waals surface area contributed by atoms with Crippen molar-refractivity contribution in [3.05, 3.63) is 70.5 Å². The molecule has 0 unspecified atom stereocenters. The lowest BCUT2D eigenvalue weighted by Crippen LogP contribution is -2.26. The van der Waals surface area contributed by atoms with Crippen molar-refractivity contribution in [1.82, 2.24) is 9.88 Å². The highest BCUT2D eigenvalue weighted by Crippen LogP contribution is 2.26. The second kappa shape index (κ2) is 7.20.